The van der Waals surface area contributed by atoms with Crippen LogP contribution >= 0.6 is 11.6 Å². The zero-order valence-corrected chi connectivity index (χ0v) is 11.1. The summed E-state index contributed by atoms with van der Waals surface area (Å²) in [5, 5.41) is 13.7. The molecule has 0 fully saturated rings. The number of anilines is 2. The molecule has 6 nitrogen and oxygen atoms in total. The monoisotopic (exact) mass is 278 g/mol. The predicted octanol–water partition coefficient (Wildman–Crippen LogP) is 3.40. The minimum absolute atomic E-state index is 0.0821. The van der Waals surface area contributed by atoms with Crippen LogP contribution in [0.15, 0.2) is 24.5 Å². The Morgan fingerprint density at radius 3 is 2.74 bits per heavy atom. The average molecular weight is 279 g/mol. The summed E-state index contributed by atoms with van der Waals surface area (Å²) in [5.74, 6) is 0.0821. The van der Waals surface area contributed by atoms with Gasteiger partial charge in [0, 0.05) is 5.69 Å². The first-order chi connectivity index (χ1) is 8.99. The lowest BCUT2D eigenvalue weighted by molar-refractivity contribution is -0.384. The number of hydrogen-bond donors (Lipinski definition) is 1. The maximum absolute atomic E-state index is 11.0. The van der Waals surface area contributed by atoms with Crippen LogP contribution in [0.1, 0.15) is 11.1 Å². The molecule has 0 saturated heterocycles. The third-order valence-electron chi connectivity index (χ3n) is 2.61. The third-order valence-corrected chi connectivity index (χ3v) is 2.88. The van der Waals surface area contributed by atoms with Crippen LogP contribution in [0.3, 0.4) is 0 Å². The molecule has 0 radical (unpaired) electrons. The molecular formula is C12H11ClN4O2. The molecule has 0 saturated carbocycles. The summed E-state index contributed by atoms with van der Waals surface area (Å²) < 4.78 is 0. The van der Waals surface area contributed by atoms with Gasteiger partial charge in [0.2, 0.25) is 11.0 Å². The molecule has 7 heteroatoms. The van der Waals surface area contributed by atoms with Crippen molar-refractivity contribution in [1.29, 1.82) is 0 Å². The van der Waals surface area contributed by atoms with Gasteiger partial charge in [0.1, 0.15) is 6.33 Å². The van der Waals surface area contributed by atoms with Gasteiger partial charge in [0.25, 0.3) is 0 Å². The van der Waals surface area contributed by atoms with Gasteiger partial charge in [-0.2, -0.15) is 0 Å². The number of nitro groups is 1. The highest BCUT2D eigenvalue weighted by molar-refractivity contribution is 6.31. The van der Waals surface area contributed by atoms with E-state index in [4.69, 9.17) is 11.6 Å². The van der Waals surface area contributed by atoms with Crippen molar-refractivity contribution in [2.45, 2.75) is 13.8 Å². The molecule has 0 spiro atoms. The van der Waals surface area contributed by atoms with E-state index in [0.717, 1.165) is 16.8 Å². The van der Waals surface area contributed by atoms with Gasteiger partial charge in [-0.15, -0.1) is 0 Å². The lowest BCUT2D eigenvalue weighted by Gasteiger charge is -2.10. The van der Waals surface area contributed by atoms with E-state index in [1.165, 1.54) is 6.33 Å². The van der Waals surface area contributed by atoms with Crippen LogP contribution in [0.4, 0.5) is 17.2 Å². The molecule has 2 aromatic rings. The van der Waals surface area contributed by atoms with Crippen LogP contribution < -0.4 is 5.32 Å². The quantitative estimate of drug-likeness (QED) is 0.529. The number of halogens is 1. The molecule has 98 valence electrons. The molecule has 19 heavy (non-hydrogen) atoms. The predicted molar refractivity (Wildman–Crippen MR) is 72.9 cm³/mol. The second kappa shape index (κ2) is 5.19. The van der Waals surface area contributed by atoms with Crippen LogP contribution in [0.5, 0.6) is 0 Å². The van der Waals surface area contributed by atoms with Gasteiger partial charge in [-0.1, -0.05) is 23.7 Å². The largest absolute Gasteiger partial charge is 0.348 e. The van der Waals surface area contributed by atoms with Gasteiger partial charge < -0.3 is 5.32 Å². The maximum atomic E-state index is 11.0. The summed E-state index contributed by atoms with van der Waals surface area (Å²) in [6, 6.07) is 5.77. The molecule has 0 bridgehead atoms. The fraction of sp³-hybridized carbons (Fsp3) is 0.167. The van der Waals surface area contributed by atoms with Crippen LogP contribution in [-0.2, 0) is 0 Å². The lowest BCUT2D eigenvalue weighted by atomic mass is 10.1. The van der Waals surface area contributed by atoms with Crippen LogP contribution in [0, 0.1) is 24.0 Å². The highest BCUT2D eigenvalue weighted by Gasteiger charge is 2.21. The van der Waals surface area contributed by atoms with Crippen molar-refractivity contribution in [3.8, 4) is 0 Å². The van der Waals surface area contributed by atoms with Crippen LogP contribution in [-0.4, -0.2) is 14.9 Å². The van der Waals surface area contributed by atoms with Crippen LogP contribution in [0.2, 0.25) is 5.15 Å². The Labute approximate surface area is 114 Å². The van der Waals surface area contributed by atoms with E-state index in [9.17, 15) is 10.1 Å². The van der Waals surface area contributed by atoms with E-state index < -0.39 is 4.92 Å². The van der Waals surface area contributed by atoms with E-state index in [1.54, 1.807) is 0 Å². The third kappa shape index (κ3) is 2.79. The lowest BCUT2D eigenvalue weighted by Crippen LogP contribution is -2.02. The standard InChI is InChI=1S/C12H11ClN4O2/c1-7-3-4-8(2)9(5-7)16-12-10(17(18)19)11(13)14-6-15-12/h3-6H,1-2H3,(H,14,15,16). The van der Waals surface area contributed by atoms with Crippen molar-refractivity contribution >= 4 is 28.8 Å². The van der Waals surface area contributed by atoms with E-state index in [0.29, 0.717) is 0 Å². The van der Waals surface area contributed by atoms with E-state index in [2.05, 4.69) is 15.3 Å². The van der Waals surface area contributed by atoms with E-state index in [-0.39, 0.29) is 16.7 Å². The van der Waals surface area contributed by atoms with Crippen molar-refractivity contribution in [2.24, 2.45) is 0 Å². The molecule has 1 heterocycles. The molecule has 0 aliphatic rings. The maximum Gasteiger partial charge on any atom is 0.348 e. The number of benzene rings is 1. The van der Waals surface area contributed by atoms with Crippen molar-refractivity contribution in [2.75, 3.05) is 5.32 Å². The molecule has 0 unspecified atom stereocenters. The summed E-state index contributed by atoms with van der Waals surface area (Å²) in [6.07, 6.45) is 1.18. The molecule has 0 amide bonds. The first-order valence-electron chi connectivity index (χ1n) is 5.48. The van der Waals surface area contributed by atoms with Crippen molar-refractivity contribution in [3.05, 3.63) is 50.9 Å². The first kappa shape index (κ1) is 13.2. The fourth-order valence-corrected chi connectivity index (χ4v) is 1.81. The zero-order chi connectivity index (χ0) is 14.0. The summed E-state index contributed by atoms with van der Waals surface area (Å²) in [5.41, 5.74) is 2.41. The number of nitrogens with one attached hydrogen (secondary N) is 1. The topological polar surface area (TPSA) is 81.0 Å². The minimum atomic E-state index is -0.601. The number of rotatable bonds is 3. The second-order valence-electron chi connectivity index (χ2n) is 4.06. The molecule has 0 atom stereocenters. The summed E-state index contributed by atoms with van der Waals surface area (Å²) >= 11 is 5.73. The molecule has 0 aliphatic carbocycles. The molecule has 1 N–H and O–H groups in total. The Morgan fingerprint density at radius 2 is 2.05 bits per heavy atom. The van der Waals surface area contributed by atoms with Gasteiger partial charge in [-0.05, 0) is 31.0 Å². The van der Waals surface area contributed by atoms with Crippen LogP contribution in [0.25, 0.3) is 0 Å². The molecule has 1 aromatic carbocycles. The van der Waals surface area contributed by atoms with Gasteiger partial charge in [0.15, 0.2) is 0 Å². The molecular weight excluding hydrogens is 268 g/mol. The van der Waals surface area contributed by atoms with Gasteiger partial charge in [-0.3, -0.25) is 10.1 Å². The highest BCUT2D eigenvalue weighted by atomic mass is 35.5. The highest BCUT2D eigenvalue weighted by Crippen LogP contribution is 2.31. The SMILES string of the molecule is Cc1ccc(C)c(Nc2ncnc(Cl)c2[N+](=O)[O-])c1. The fourth-order valence-electron chi connectivity index (χ4n) is 1.61. The van der Waals surface area contributed by atoms with E-state index in [1.807, 2.05) is 32.0 Å². The number of aromatic nitrogens is 2. The Kier molecular flexibility index (Phi) is 3.62. The smallest absolute Gasteiger partial charge is 0.334 e. The molecule has 1 aromatic heterocycles. The van der Waals surface area contributed by atoms with Crippen molar-refractivity contribution in [1.82, 2.24) is 9.97 Å². The van der Waals surface area contributed by atoms with Gasteiger partial charge >= 0.3 is 5.69 Å². The Bertz CT molecular complexity index is 646. The molecule has 2 rings (SSSR count). The zero-order valence-electron chi connectivity index (χ0n) is 10.3. The first-order valence-corrected chi connectivity index (χ1v) is 5.86. The Morgan fingerprint density at radius 1 is 1.32 bits per heavy atom. The van der Waals surface area contributed by atoms with E-state index >= 15 is 0 Å². The van der Waals surface area contributed by atoms with Crippen molar-refractivity contribution in [3.63, 3.8) is 0 Å². The Hall–Kier alpha value is -2.21. The van der Waals surface area contributed by atoms with Crippen molar-refractivity contribution < 1.29 is 4.92 Å². The summed E-state index contributed by atoms with van der Waals surface area (Å²) in [6.45, 7) is 3.84. The normalized spacial score (nSPS) is 10.3. The number of aryl methyl sites for hydroxylation is 2. The van der Waals surface area contributed by atoms with Gasteiger partial charge in [0.05, 0.1) is 4.92 Å². The summed E-state index contributed by atoms with van der Waals surface area (Å²) in [4.78, 5) is 17.9. The second-order valence-corrected chi connectivity index (χ2v) is 4.42. The number of hydrogen-bond acceptors (Lipinski definition) is 5. The average Bonchev–Trinajstić information content (AvgIpc) is 2.33. The van der Waals surface area contributed by atoms with Gasteiger partial charge in [-0.25, -0.2) is 9.97 Å². The minimum Gasteiger partial charge on any atom is -0.334 e. The molecule has 0 aliphatic heterocycles. The Balaban J connectivity index is 2.46. The number of nitrogens with zero attached hydrogens (tertiary/aromatic N) is 3. The summed E-state index contributed by atoms with van der Waals surface area (Å²) in [7, 11) is 0.